The molecule has 0 unspecified atom stereocenters. The summed E-state index contributed by atoms with van der Waals surface area (Å²) in [7, 11) is -3.60. The molecule has 4 rings (SSSR count). The van der Waals surface area contributed by atoms with Crippen molar-refractivity contribution in [2.24, 2.45) is 0 Å². The van der Waals surface area contributed by atoms with Crippen LogP contribution in [0, 0.1) is 11.3 Å². The maximum Gasteiger partial charge on any atom is 0.289 e. The molecular weight excluding hydrogens is 416 g/mol. The maximum atomic E-state index is 13.0. The number of anilines is 1. The van der Waals surface area contributed by atoms with Crippen molar-refractivity contribution >= 4 is 21.6 Å². The van der Waals surface area contributed by atoms with E-state index in [1.165, 1.54) is 24.5 Å². The molecule has 3 aromatic rings. The summed E-state index contributed by atoms with van der Waals surface area (Å²) in [6.07, 6.45) is 2.93. The van der Waals surface area contributed by atoms with Crippen LogP contribution in [0.4, 0.5) is 5.82 Å². The van der Waals surface area contributed by atoms with Gasteiger partial charge in [-0.1, -0.05) is 18.2 Å². The van der Waals surface area contributed by atoms with Gasteiger partial charge < -0.3 is 14.2 Å². The smallest absolute Gasteiger partial charge is 0.289 e. The second kappa shape index (κ2) is 8.62. The van der Waals surface area contributed by atoms with Crippen LogP contribution in [0.5, 0.6) is 0 Å². The molecule has 0 bridgehead atoms. The van der Waals surface area contributed by atoms with Crippen molar-refractivity contribution in [3.8, 4) is 6.07 Å². The minimum absolute atomic E-state index is 0.0533. The summed E-state index contributed by atoms with van der Waals surface area (Å²) in [5, 5.41) is 9.06. The fourth-order valence-electron chi connectivity index (χ4n) is 3.50. The molecule has 0 radical (unpaired) electrons. The Balaban J connectivity index is 1.45. The van der Waals surface area contributed by atoms with Gasteiger partial charge in [0.25, 0.3) is 5.91 Å². The first-order chi connectivity index (χ1) is 15.0. The zero-order chi connectivity index (χ0) is 21.8. The van der Waals surface area contributed by atoms with Gasteiger partial charge in [0.15, 0.2) is 15.6 Å². The van der Waals surface area contributed by atoms with Crippen LogP contribution < -0.4 is 4.90 Å². The molecule has 1 aliphatic heterocycles. The summed E-state index contributed by atoms with van der Waals surface area (Å²) in [5.74, 6) is 0.109. The zero-order valence-electron chi connectivity index (χ0n) is 16.6. The van der Waals surface area contributed by atoms with E-state index < -0.39 is 9.84 Å². The van der Waals surface area contributed by atoms with E-state index in [1.807, 2.05) is 4.90 Å². The first-order valence-corrected chi connectivity index (χ1v) is 11.4. The summed E-state index contributed by atoms with van der Waals surface area (Å²) in [5.41, 5.74) is 0.878. The number of nitrogens with zero attached hydrogens (tertiary/aromatic N) is 4. The fourth-order valence-corrected chi connectivity index (χ4v) is 4.87. The minimum atomic E-state index is -3.60. The normalized spacial score (nSPS) is 14.3. The Morgan fingerprint density at radius 3 is 2.55 bits per heavy atom. The van der Waals surface area contributed by atoms with Gasteiger partial charge in [-0.05, 0) is 30.3 Å². The number of benzene rings is 1. The molecule has 158 valence electrons. The number of furan rings is 1. The van der Waals surface area contributed by atoms with Gasteiger partial charge in [-0.3, -0.25) is 4.79 Å². The van der Waals surface area contributed by atoms with Crippen LogP contribution >= 0.6 is 0 Å². The molecule has 8 nitrogen and oxygen atoms in total. The molecular formula is C22H20N4O4S. The Morgan fingerprint density at radius 1 is 1.10 bits per heavy atom. The third kappa shape index (κ3) is 4.44. The highest BCUT2D eigenvalue weighted by molar-refractivity contribution is 7.90. The van der Waals surface area contributed by atoms with Crippen LogP contribution in [0.2, 0.25) is 0 Å². The van der Waals surface area contributed by atoms with Crippen LogP contribution in [0.25, 0.3) is 0 Å². The molecule has 2 aromatic heterocycles. The zero-order valence-corrected chi connectivity index (χ0v) is 17.5. The van der Waals surface area contributed by atoms with E-state index in [1.54, 1.807) is 41.4 Å². The largest absolute Gasteiger partial charge is 0.459 e. The number of piperazine rings is 1. The first kappa shape index (κ1) is 20.6. The minimum Gasteiger partial charge on any atom is -0.459 e. The van der Waals surface area contributed by atoms with Crippen LogP contribution in [-0.4, -0.2) is 50.4 Å². The molecule has 0 N–H and O–H groups in total. The van der Waals surface area contributed by atoms with E-state index in [0.29, 0.717) is 43.1 Å². The van der Waals surface area contributed by atoms with Crippen molar-refractivity contribution in [2.45, 2.75) is 10.6 Å². The Labute approximate surface area is 180 Å². The number of carbonyl (C=O) groups is 1. The van der Waals surface area contributed by atoms with Gasteiger partial charge in [-0.2, -0.15) is 5.26 Å². The number of sulfone groups is 1. The fraction of sp³-hybridized carbons (Fsp3) is 0.227. The quantitative estimate of drug-likeness (QED) is 0.605. The van der Waals surface area contributed by atoms with E-state index in [-0.39, 0.29) is 22.3 Å². The summed E-state index contributed by atoms with van der Waals surface area (Å²) >= 11 is 0. The molecule has 0 saturated carbocycles. The Bertz CT molecular complexity index is 1220. The first-order valence-electron chi connectivity index (χ1n) is 9.72. The molecule has 9 heteroatoms. The number of amides is 1. The monoisotopic (exact) mass is 436 g/mol. The summed E-state index contributed by atoms with van der Waals surface area (Å²) in [4.78, 5) is 21.2. The van der Waals surface area contributed by atoms with Crippen LogP contribution in [-0.2, 0) is 15.6 Å². The van der Waals surface area contributed by atoms with Gasteiger partial charge in [0.05, 0.1) is 28.5 Å². The third-order valence-electron chi connectivity index (χ3n) is 5.15. The van der Waals surface area contributed by atoms with Gasteiger partial charge in [0.1, 0.15) is 5.82 Å². The molecule has 1 aliphatic rings. The van der Waals surface area contributed by atoms with Crippen molar-refractivity contribution in [1.82, 2.24) is 9.88 Å². The lowest BCUT2D eigenvalue weighted by Crippen LogP contribution is -2.49. The van der Waals surface area contributed by atoms with E-state index >= 15 is 0 Å². The molecule has 0 spiro atoms. The van der Waals surface area contributed by atoms with Gasteiger partial charge in [-0.25, -0.2) is 13.4 Å². The van der Waals surface area contributed by atoms with Crippen molar-refractivity contribution in [3.63, 3.8) is 0 Å². The standard InChI is InChI=1S/C22H20N4O4S/c23-15-17-6-8-24-20(14-17)25-9-11-26(12-10-25)22(27)21-18(7-13-30-21)16-31(28,29)19-4-2-1-3-5-19/h1-8,13-14H,9-12,16H2. The van der Waals surface area contributed by atoms with Crippen molar-refractivity contribution in [3.05, 3.63) is 77.9 Å². The number of pyridine rings is 1. The second-order valence-electron chi connectivity index (χ2n) is 7.14. The summed E-state index contributed by atoms with van der Waals surface area (Å²) < 4.78 is 30.8. The number of aromatic nitrogens is 1. The summed E-state index contributed by atoms with van der Waals surface area (Å²) in [6, 6.07) is 15.1. The van der Waals surface area contributed by atoms with Crippen molar-refractivity contribution in [1.29, 1.82) is 5.26 Å². The van der Waals surface area contributed by atoms with Gasteiger partial charge >= 0.3 is 0 Å². The topological polar surface area (TPSA) is 108 Å². The number of hydrogen-bond acceptors (Lipinski definition) is 7. The third-order valence-corrected chi connectivity index (χ3v) is 6.84. The SMILES string of the molecule is N#Cc1ccnc(N2CCN(C(=O)c3occc3CS(=O)(=O)c3ccccc3)CC2)c1. The van der Waals surface area contributed by atoms with Crippen molar-refractivity contribution in [2.75, 3.05) is 31.1 Å². The van der Waals surface area contributed by atoms with Crippen LogP contribution in [0.1, 0.15) is 21.7 Å². The highest BCUT2D eigenvalue weighted by atomic mass is 32.2. The summed E-state index contributed by atoms with van der Waals surface area (Å²) in [6.45, 7) is 1.96. The van der Waals surface area contributed by atoms with Gasteiger partial charge in [0, 0.05) is 37.9 Å². The number of rotatable bonds is 5. The van der Waals surface area contributed by atoms with Gasteiger partial charge in [0.2, 0.25) is 0 Å². The molecule has 1 fully saturated rings. The van der Waals surface area contributed by atoms with E-state index in [9.17, 15) is 13.2 Å². The van der Waals surface area contributed by atoms with E-state index in [2.05, 4.69) is 11.1 Å². The lowest BCUT2D eigenvalue weighted by atomic mass is 10.2. The average molecular weight is 436 g/mol. The molecule has 0 atom stereocenters. The number of nitriles is 1. The molecule has 1 aromatic carbocycles. The number of hydrogen-bond donors (Lipinski definition) is 0. The van der Waals surface area contributed by atoms with Crippen LogP contribution in [0.15, 0.2) is 70.3 Å². The van der Waals surface area contributed by atoms with Gasteiger partial charge in [-0.15, -0.1) is 0 Å². The lowest BCUT2D eigenvalue weighted by Gasteiger charge is -2.35. The Morgan fingerprint density at radius 2 is 1.84 bits per heavy atom. The number of carbonyl (C=O) groups excluding carboxylic acids is 1. The maximum absolute atomic E-state index is 13.0. The highest BCUT2D eigenvalue weighted by Crippen LogP contribution is 2.22. The van der Waals surface area contributed by atoms with E-state index in [4.69, 9.17) is 9.68 Å². The van der Waals surface area contributed by atoms with E-state index in [0.717, 1.165) is 0 Å². The lowest BCUT2D eigenvalue weighted by molar-refractivity contribution is 0.0713. The van der Waals surface area contributed by atoms with Crippen molar-refractivity contribution < 1.29 is 17.6 Å². The van der Waals surface area contributed by atoms with Crippen LogP contribution in [0.3, 0.4) is 0 Å². The highest BCUT2D eigenvalue weighted by Gasteiger charge is 2.28. The predicted molar refractivity (Wildman–Crippen MR) is 113 cm³/mol. The average Bonchev–Trinajstić information content (AvgIpc) is 3.26. The molecule has 1 saturated heterocycles. The molecule has 3 heterocycles. The predicted octanol–water partition coefficient (Wildman–Crippen LogP) is 2.48. The molecule has 0 aliphatic carbocycles. The Hall–Kier alpha value is -3.64. The molecule has 31 heavy (non-hydrogen) atoms. The Kier molecular flexibility index (Phi) is 5.73. The molecule has 1 amide bonds. The second-order valence-corrected chi connectivity index (χ2v) is 9.13.